The van der Waals surface area contributed by atoms with Gasteiger partial charge in [0.2, 0.25) is 0 Å². The molecule has 1 N–H and O–H groups in total. The zero-order valence-electron chi connectivity index (χ0n) is 24.8. The standard InChI is InChI=1S/C33H39NO8/c1-23(20-38-24(2)35)41-31(36)28(34-32(37)42-33(3,4)5)18-27-16-17-29(39-21-25-12-8-6-9-13-25)30(19-27)40-22-26-14-10-7-11-15-26/h6-17,19,23,28H,18,20-22H2,1-5H3,(H,34,37)/t23-,28+/m1/s1. The number of hydrogen-bond acceptors (Lipinski definition) is 8. The Morgan fingerprint density at radius 3 is 1.90 bits per heavy atom. The molecule has 0 radical (unpaired) electrons. The van der Waals surface area contributed by atoms with Gasteiger partial charge in [-0.1, -0.05) is 66.7 Å². The fraction of sp³-hybridized carbons (Fsp3) is 0.364. The minimum absolute atomic E-state index is 0.0824. The topological polar surface area (TPSA) is 109 Å². The van der Waals surface area contributed by atoms with Crippen LogP contribution >= 0.6 is 0 Å². The van der Waals surface area contributed by atoms with E-state index in [1.807, 2.05) is 60.7 Å². The Labute approximate surface area is 247 Å². The first-order chi connectivity index (χ1) is 20.0. The molecule has 0 fully saturated rings. The quantitative estimate of drug-likeness (QED) is 0.201. The molecular formula is C33H39NO8. The summed E-state index contributed by atoms with van der Waals surface area (Å²) in [4.78, 5) is 36.9. The van der Waals surface area contributed by atoms with Gasteiger partial charge >= 0.3 is 18.0 Å². The summed E-state index contributed by atoms with van der Waals surface area (Å²) in [5, 5.41) is 2.62. The van der Waals surface area contributed by atoms with Crippen molar-refractivity contribution in [1.29, 1.82) is 0 Å². The molecule has 3 aromatic carbocycles. The van der Waals surface area contributed by atoms with E-state index in [2.05, 4.69) is 5.32 Å². The second-order valence-corrected chi connectivity index (χ2v) is 10.8. The molecule has 0 aromatic heterocycles. The molecule has 9 heteroatoms. The molecule has 0 saturated heterocycles. The van der Waals surface area contributed by atoms with Crippen molar-refractivity contribution in [1.82, 2.24) is 5.32 Å². The van der Waals surface area contributed by atoms with E-state index in [4.69, 9.17) is 23.7 Å². The van der Waals surface area contributed by atoms with Crippen LogP contribution in [0.5, 0.6) is 11.5 Å². The summed E-state index contributed by atoms with van der Waals surface area (Å²) in [6.07, 6.45) is -1.40. The van der Waals surface area contributed by atoms with Gasteiger partial charge in [0.15, 0.2) is 11.5 Å². The lowest BCUT2D eigenvalue weighted by Crippen LogP contribution is -2.46. The number of nitrogens with one attached hydrogen (secondary N) is 1. The molecular weight excluding hydrogens is 538 g/mol. The predicted molar refractivity (Wildman–Crippen MR) is 157 cm³/mol. The summed E-state index contributed by atoms with van der Waals surface area (Å²) < 4.78 is 28.0. The van der Waals surface area contributed by atoms with Gasteiger partial charge in [-0.15, -0.1) is 0 Å². The first-order valence-corrected chi connectivity index (χ1v) is 13.8. The first-order valence-electron chi connectivity index (χ1n) is 13.8. The highest BCUT2D eigenvalue weighted by Gasteiger charge is 2.28. The molecule has 0 unspecified atom stereocenters. The number of benzene rings is 3. The number of carbonyl (C=O) groups is 3. The number of amides is 1. The van der Waals surface area contributed by atoms with Gasteiger partial charge in [-0.05, 0) is 56.5 Å². The third-order valence-electron chi connectivity index (χ3n) is 5.74. The van der Waals surface area contributed by atoms with E-state index in [9.17, 15) is 14.4 Å². The highest BCUT2D eigenvalue weighted by molar-refractivity contribution is 5.82. The number of alkyl carbamates (subject to hydrolysis) is 1. The van der Waals surface area contributed by atoms with Crippen molar-refractivity contribution in [2.24, 2.45) is 0 Å². The Kier molecular flexibility index (Phi) is 11.8. The van der Waals surface area contributed by atoms with Crippen molar-refractivity contribution in [2.75, 3.05) is 6.61 Å². The van der Waals surface area contributed by atoms with E-state index in [-0.39, 0.29) is 13.0 Å². The van der Waals surface area contributed by atoms with Gasteiger partial charge in [0.05, 0.1) is 0 Å². The maximum absolute atomic E-state index is 13.1. The van der Waals surface area contributed by atoms with Crippen LogP contribution in [0, 0.1) is 0 Å². The fourth-order valence-electron chi connectivity index (χ4n) is 3.81. The SMILES string of the molecule is CC(=O)OC[C@@H](C)OC(=O)[C@H](Cc1ccc(OCc2ccccc2)c(OCc2ccccc2)c1)NC(=O)OC(C)(C)C. The van der Waals surface area contributed by atoms with Crippen LogP contribution < -0.4 is 14.8 Å². The smallest absolute Gasteiger partial charge is 0.408 e. The molecule has 2 atom stereocenters. The zero-order valence-corrected chi connectivity index (χ0v) is 24.8. The molecule has 0 aliphatic heterocycles. The minimum atomic E-state index is -1.09. The van der Waals surface area contributed by atoms with E-state index >= 15 is 0 Å². The summed E-state index contributed by atoms with van der Waals surface area (Å²) in [5.41, 5.74) is 1.91. The second-order valence-electron chi connectivity index (χ2n) is 10.8. The Morgan fingerprint density at radius 1 is 0.786 bits per heavy atom. The summed E-state index contributed by atoms with van der Waals surface area (Å²) in [6, 6.07) is 23.8. The molecule has 0 saturated carbocycles. The van der Waals surface area contributed by atoms with Crippen LogP contribution in [-0.2, 0) is 43.4 Å². The van der Waals surface area contributed by atoms with Crippen molar-refractivity contribution < 1.29 is 38.1 Å². The average molecular weight is 578 g/mol. The zero-order chi connectivity index (χ0) is 30.5. The van der Waals surface area contributed by atoms with Crippen molar-refractivity contribution >= 4 is 18.0 Å². The van der Waals surface area contributed by atoms with Crippen LogP contribution in [-0.4, -0.2) is 42.4 Å². The van der Waals surface area contributed by atoms with E-state index < -0.39 is 35.8 Å². The molecule has 1 amide bonds. The van der Waals surface area contributed by atoms with Crippen LogP contribution in [0.2, 0.25) is 0 Å². The first kappa shape index (κ1) is 32.0. The minimum Gasteiger partial charge on any atom is -0.485 e. The van der Waals surface area contributed by atoms with Crippen LogP contribution in [0.15, 0.2) is 78.9 Å². The monoisotopic (exact) mass is 577 g/mol. The van der Waals surface area contributed by atoms with E-state index in [0.29, 0.717) is 30.3 Å². The molecule has 0 bridgehead atoms. The van der Waals surface area contributed by atoms with Crippen molar-refractivity contribution in [2.45, 2.75) is 72.0 Å². The average Bonchev–Trinajstić information content (AvgIpc) is 2.94. The molecule has 9 nitrogen and oxygen atoms in total. The normalized spacial score (nSPS) is 12.4. The Hall–Kier alpha value is -4.53. The van der Waals surface area contributed by atoms with Gasteiger partial charge < -0.3 is 29.0 Å². The Bertz CT molecular complexity index is 1300. The van der Waals surface area contributed by atoms with Gasteiger partial charge in [0.25, 0.3) is 0 Å². The van der Waals surface area contributed by atoms with E-state index in [1.54, 1.807) is 45.9 Å². The lowest BCUT2D eigenvalue weighted by Gasteiger charge is -2.24. The van der Waals surface area contributed by atoms with Crippen LogP contribution in [0.4, 0.5) is 4.79 Å². The summed E-state index contributed by atoms with van der Waals surface area (Å²) in [5.74, 6) is -0.164. The maximum atomic E-state index is 13.1. The third-order valence-corrected chi connectivity index (χ3v) is 5.74. The van der Waals surface area contributed by atoms with Gasteiger partial charge in [0, 0.05) is 13.3 Å². The number of rotatable bonds is 13. The summed E-state index contributed by atoms with van der Waals surface area (Å²) >= 11 is 0. The largest absolute Gasteiger partial charge is 0.485 e. The lowest BCUT2D eigenvalue weighted by molar-refractivity contribution is -0.158. The molecule has 3 rings (SSSR count). The van der Waals surface area contributed by atoms with Crippen LogP contribution in [0.25, 0.3) is 0 Å². The van der Waals surface area contributed by atoms with Crippen molar-refractivity contribution in [3.8, 4) is 11.5 Å². The molecule has 0 heterocycles. The third kappa shape index (κ3) is 11.5. The number of hydrogen-bond donors (Lipinski definition) is 1. The second kappa shape index (κ2) is 15.5. The molecule has 0 spiro atoms. The Balaban J connectivity index is 1.82. The molecule has 3 aromatic rings. The van der Waals surface area contributed by atoms with Gasteiger partial charge in [0.1, 0.15) is 37.6 Å². The molecule has 42 heavy (non-hydrogen) atoms. The van der Waals surface area contributed by atoms with Gasteiger partial charge in [-0.2, -0.15) is 0 Å². The molecule has 224 valence electrons. The van der Waals surface area contributed by atoms with Crippen molar-refractivity contribution in [3.63, 3.8) is 0 Å². The van der Waals surface area contributed by atoms with E-state index in [0.717, 1.165) is 11.1 Å². The fourth-order valence-corrected chi connectivity index (χ4v) is 3.81. The highest BCUT2D eigenvalue weighted by Crippen LogP contribution is 2.31. The molecule has 0 aliphatic rings. The van der Waals surface area contributed by atoms with E-state index in [1.165, 1.54) is 6.92 Å². The lowest BCUT2D eigenvalue weighted by atomic mass is 10.0. The van der Waals surface area contributed by atoms with Gasteiger partial charge in [-0.3, -0.25) is 4.79 Å². The predicted octanol–water partition coefficient (Wildman–Crippen LogP) is 5.78. The number of esters is 2. The summed E-state index contributed by atoms with van der Waals surface area (Å²) in [7, 11) is 0. The molecule has 0 aliphatic carbocycles. The maximum Gasteiger partial charge on any atom is 0.408 e. The summed E-state index contributed by atoms with van der Waals surface area (Å²) in [6.45, 7) is 8.60. The van der Waals surface area contributed by atoms with Gasteiger partial charge in [-0.25, -0.2) is 9.59 Å². The van der Waals surface area contributed by atoms with Crippen LogP contribution in [0.3, 0.4) is 0 Å². The number of ether oxygens (including phenoxy) is 5. The highest BCUT2D eigenvalue weighted by atomic mass is 16.6. The van der Waals surface area contributed by atoms with Crippen LogP contribution in [0.1, 0.15) is 51.3 Å². The Morgan fingerprint density at radius 2 is 1.36 bits per heavy atom. The van der Waals surface area contributed by atoms with Crippen molar-refractivity contribution in [3.05, 3.63) is 95.6 Å². The number of carbonyl (C=O) groups excluding carboxylic acids is 3.